The fraction of sp³-hybridized carbons (Fsp3) is 0.800. The van der Waals surface area contributed by atoms with Crippen molar-refractivity contribution in [1.29, 1.82) is 0 Å². The number of morpholine rings is 1. The van der Waals surface area contributed by atoms with Gasteiger partial charge >= 0.3 is 11.9 Å². The molecular formula is C40H61NO5. The molecule has 4 aliphatic carbocycles. The molecule has 0 bridgehead atoms. The summed E-state index contributed by atoms with van der Waals surface area (Å²) in [6.07, 6.45) is 22.0. The summed E-state index contributed by atoms with van der Waals surface area (Å²) in [6.45, 7) is 7.36. The van der Waals surface area contributed by atoms with Crippen LogP contribution in [0.25, 0.3) is 0 Å². The van der Waals surface area contributed by atoms with Crippen LogP contribution in [0.1, 0.15) is 129 Å². The Kier molecular flexibility index (Phi) is 12.0. The molecule has 0 unspecified atom stereocenters. The number of rotatable bonds is 9. The molecule has 5 aliphatic rings. The van der Waals surface area contributed by atoms with Gasteiger partial charge in [0.15, 0.2) is 5.75 Å². The smallest absolute Gasteiger partial charge is 0.314 e. The maximum Gasteiger partial charge on any atom is 0.314 e. The average molecular weight is 636 g/mol. The van der Waals surface area contributed by atoms with E-state index in [0.29, 0.717) is 24.7 Å². The number of benzene rings is 1. The van der Waals surface area contributed by atoms with Crippen LogP contribution in [0.2, 0.25) is 0 Å². The van der Waals surface area contributed by atoms with Crippen LogP contribution in [0, 0.1) is 47.3 Å². The van der Waals surface area contributed by atoms with Crippen molar-refractivity contribution in [2.45, 2.75) is 129 Å². The molecule has 0 amide bonds. The molecule has 6 rings (SSSR count). The Morgan fingerprint density at radius 2 is 1.07 bits per heavy atom. The van der Waals surface area contributed by atoms with Crippen molar-refractivity contribution >= 4 is 17.6 Å². The van der Waals surface area contributed by atoms with Crippen LogP contribution in [0.4, 0.5) is 5.69 Å². The van der Waals surface area contributed by atoms with E-state index in [4.69, 9.17) is 14.2 Å². The van der Waals surface area contributed by atoms with Crippen molar-refractivity contribution in [1.82, 2.24) is 0 Å². The summed E-state index contributed by atoms with van der Waals surface area (Å²) in [7, 11) is 0. The molecule has 46 heavy (non-hydrogen) atoms. The molecule has 1 heterocycles. The predicted molar refractivity (Wildman–Crippen MR) is 183 cm³/mol. The second kappa shape index (κ2) is 16.3. The number of carbonyl (C=O) groups is 2. The molecule has 0 N–H and O–H groups in total. The van der Waals surface area contributed by atoms with Crippen LogP contribution in [-0.2, 0) is 14.3 Å². The minimum absolute atomic E-state index is 0.0237. The van der Waals surface area contributed by atoms with Gasteiger partial charge in [0.25, 0.3) is 0 Å². The Morgan fingerprint density at radius 1 is 0.630 bits per heavy atom. The van der Waals surface area contributed by atoms with Crippen molar-refractivity contribution in [3.63, 3.8) is 0 Å². The summed E-state index contributed by atoms with van der Waals surface area (Å²) in [5, 5.41) is 0. The van der Waals surface area contributed by atoms with Gasteiger partial charge in [-0.2, -0.15) is 0 Å². The highest BCUT2D eigenvalue weighted by Crippen LogP contribution is 2.44. The molecule has 6 nitrogen and oxygen atoms in total. The quantitative estimate of drug-likeness (QED) is 0.199. The standard InChI is InChI=1S/C40H61NO5/c1-3-28-5-9-30(10-6-28)32-13-17-34(18-14-32)39(42)45-36-21-22-38(37(27-36)41-23-25-44-26-24-41)46-40(43)35-19-15-33(16-20-35)31-11-7-29(4-2)8-12-31/h21-22,27-35H,3-20,23-26H2,1-2H3. The minimum atomic E-state index is -0.106. The highest BCUT2D eigenvalue weighted by atomic mass is 16.5. The van der Waals surface area contributed by atoms with E-state index in [9.17, 15) is 9.59 Å². The monoisotopic (exact) mass is 635 g/mol. The number of carbonyl (C=O) groups excluding carboxylic acids is 2. The van der Waals surface area contributed by atoms with E-state index in [-0.39, 0.29) is 23.8 Å². The first kappa shape index (κ1) is 33.8. The first-order chi connectivity index (χ1) is 22.5. The number of nitrogens with zero attached hydrogens (tertiary/aromatic N) is 1. The van der Waals surface area contributed by atoms with Gasteiger partial charge in [-0.05, 0) is 125 Å². The van der Waals surface area contributed by atoms with E-state index in [1.54, 1.807) is 0 Å². The lowest BCUT2D eigenvalue weighted by molar-refractivity contribution is -0.141. The molecule has 256 valence electrons. The molecule has 0 spiro atoms. The maximum absolute atomic E-state index is 13.5. The lowest BCUT2D eigenvalue weighted by Crippen LogP contribution is -2.37. The lowest BCUT2D eigenvalue weighted by Gasteiger charge is -2.37. The van der Waals surface area contributed by atoms with Crippen molar-refractivity contribution < 1.29 is 23.8 Å². The van der Waals surface area contributed by atoms with E-state index >= 15 is 0 Å². The second-order valence-electron chi connectivity index (χ2n) is 15.7. The van der Waals surface area contributed by atoms with Crippen molar-refractivity contribution in [3.8, 4) is 11.5 Å². The lowest BCUT2D eigenvalue weighted by atomic mass is 9.69. The third-order valence-electron chi connectivity index (χ3n) is 13.2. The van der Waals surface area contributed by atoms with Gasteiger partial charge < -0.3 is 19.1 Å². The zero-order valence-corrected chi connectivity index (χ0v) is 28.9. The van der Waals surface area contributed by atoms with E-state index in [1.165, 1.54) is 64.2 Å². The van der Waals surface area contributed by atoms with Crippen LogP contribution in [-0.4, -0.2) is 38.2 Å². The molecule has 1 aliphatic heterocycles. The Morgan fingerprint density at radius 3 is 1.52 bits per heavy atom. The van der Waals surface area contributed by atoms with Gasteiger partial charge in [-0.25, -0.2) is 0 Å². The van der Waals surface area contributed by atoms with Gasteiger partial charge in [0.1, 0.15) is 5.75 Å². The zero-order chi connectivity index (χ0) is 31.9. The van der Waals surface area contributed by atoms with Crippen LogP contribution in [0.5, 0.6) is 11.5 Å². The number of hydrogen-bond donors (Lipinski definition) is 0. The summed E-state index contributed by atoms with van der Waals surface area (Å²) in [4.78, 5) is 29.0. The number of hydrogen-bond acceptors (Lipinski definition) is 6. The number of anilines is 1. The molecule has 0 atom stereocenters. The second-order valence-corrected chi connectivity index (χ2v) is 15.7. The van der Waals surface area contributed by atoms with Gasteiger partial charge in [0.05, 0.1) is 30.7 Å². The summed E-state index contributed by atoms with van der Waals surface area (Å²) >= 11 is 0. The molecule has 1 aromatic carbocycles. The van der Waals surface area contributed by atoms with Gasteiger partial charge in [0.2, 0.25) is 0 Å². The minimum Gasteiger partial charge on any atom is -0.426 e. The highest BCUT2D eigenvalue weighted by Gasteiger charge is 2.35. The molecule has 5 fully saturated rings. The van der Waals surface area contributed by atoms with E-state index in [1.807, 2.05) is 18.2 Å². The Labute approximate surface area is 278 Å². The summed E-state index contributed by atoms with van der Waals surface area (Å²) in [5.41, 5.74) is 0.828. The normalized spacial score (nSPS) is 34.1. The fourth-order valence-electron chi connectivity index (χ4n) is 9.88. The molecular weight excluding hydrogens is 574 g/mol. The van der Waals surface area contributed by atoms with Crippen molar-refractivity contribution in [3.05, 3.63) is 18.2 Å². The first-order valence-corrected chi connectivity index (χ1v) is 19.4. The molecule has 4 saturated carbocycles. The highest BCUT2D eigenvalue weighted by molar-refractivity contribution is 5.79. The fourth-order valence-corrected chi connectivity index (χ4v) is 9.88. The molecule has 1 saturated heterocycles. The van der Waals surface area contributed by atoms with Gasteiger partial charge in [0, 0.05) is 19.2 Å². The Bertz CT molecular complexity index is 1110. The van der Waals surface area contributed by atoms with E-state index < -0.39 is 0 Å². The summed E-state index contributed by atoms with van der Waals surface area (Å²) in [5.74, 6) is 5.97. The van der Waals surface area contributed by atoms with Crippen LogP contribution in [0.3, 0.4) is 0 Å². The zero-order valence-electron chi connectivity index (χ0n) is 28.9. The molecule has 0 aromatic heterocycles. The molecule has 0 radical (unpaired) electrons. The summed E-state index contributed by atoms with van der Waals surface area (Å²) in [6, 6.07) is 5.56. The summed E-state index contributed by atoms with van der Waals surface area (Å²) < 4.78 is 17.8. The largest absolute Gasteiger partial charge is 0.426 e. The van der Waals surface area contributed by atoms with Crippen LogP contribution in [0.15, 0.2) is 18.2 Å². The first-order valence-electron chi connectivity index (χ1n) is 19.4. The van der Waals surface area contributed by atoms with Crippen LogP contribution >= 0.6 is 0 Å². The van der Waals surface area contributed by atoms with Crippen LogP contribution < -0.4 is 14.4 Å². The predicted octanol–water partition coefficient (Wildman–Crippen LogP) is 9.38. The number of esters is 2. The average Bonchev–Trinajstić information content (AvgIpc) is 3.12. The maximum atomic E-state index is 13.5. The van der Waals surface area contributed by atoms with Gasteiger partial charge in [-0.3, -0.25) is 9.59 Å². The van der Waals surface area contributed by atoms with Gasteiger partial charge in [-0.15, -0.1) is 0 Å². The Hall–Kier alpha value is -2.08. The molecule has 6 heteroatoms. The number of ether oxygens (including phenoxy) is 3. The Balaban J connectivity index is 1.02. The van der Waals surface area contributed by atoms with E-state index in [0.717, 1.165) is 106 Å². The topological polar surface area (TPSA) is 65.1 Å². The van der Waals surface area contributed by atoms with Gasteiger partial charge in [-0.1, -0.05) is 52.4 Å². The molecule has 1 aromatic rings. The van der Waals surface area contributed by atoms with Crippen molar-refractivity contribution in [2.75, 3.05) is 31.2 Å². The van der Waals surface area contributed by atoms with E-state index in [2.05, 4.69) is 18.7 Å². The van der Waals surface area contributed by atoms with Crippen molar-refractivity contribution in [2.24, 2.45) is 47.3 Å². The third-order valence-corrected chi connectivity index (χ3v) is 13.2. The SMILES string of the molecule is CCC1CCC(C2CCC(C(=O)Oc3ccc(OC(=O)C4CCC(C5CCC(CC)CC5)CC4)c(N4CCOCC4)c3)CC2)CC1. The third kappa shape index (κ3) is 8.49.